The highest BCUT2D eigenvalue weighted by Crippen LogP contribution is 2.22. The first-order valence-corrected chi connectivity index (χ1v) is 3.09. The third-order valence-electron chi connectivity index (χ3n) is 1.39. The van der Waals surface area contributed by atoms with Gasteiger partial charge in [-0.1, -0.05) is 0 Å². The van der Waals surface area contributed by atoms with Crippen LogP contribution in [0, 0.1) is 0 Å². The van der Waals surface area contributed by atoms with Gasteiger partial charge >= 0.3 is 0 Å². The van der Waals surface area contributed by atoms with Gasteiger partial charge in [-0.05, 0) is 13.8 Å². The molecule has 0 aromatic carbocycles. The Labute approximate surface area is 54.7 Å². The summed E-state index contributed by atoms with van der Waals surface area (Å²) < 4.78 is 0. The lowest BCUT2D eigenvalue weighted by Crippen LogP contribution is -2.24. The molecule has 1 heterocycles. The number of hydrogen-bond acceptors (Lipinski definition) is 4. The highest BCUT2D eigenvalue weighted by Gasteiger charge is 2.43. The lowest BCUT2D eigenvalue weighted by Gasteiger charge is -2.06. The Kier molecular flexibility index (Phi) is 1.72. The summed E-state index contributed by atoms with van der Waals surface area (Å²) in [5.74, 6) is 0. The molecule has 0 aliphatic carbocycles. The molecule has 9 heavy (non-hydrogen) atoms. The van der Waals surface area contributed by atoms with Crippen LogP contribution in [0.1, 0.15) is 13.8 Å². The Hall–Kier alpha value is -0.160. The van der Waals surface area contributed by atoms with Crippen LogP contribution in [-0.4, -0.2) is 23.5 Å². The Balaban J connectivity index is 2.18. The van der Waals surface area contributed by atoms with E-state index in [2.05, 4.69) is 0 Å². The molecule has 1 aliphatic rings. The van der Waals surface area contributed by atoms with Gasteiger partial charge in [0, 0.05) is 0 Å². The zero-order valence-electron chi connectivity index (χ0n) is 5.74. The van der Waals surface area contributed by atoms with Crippen molar-refractivity contribution < 1.29 is 4.84 Å². The van der Waals surface area contributed by atoms with Crippen LogP contribution in [0.4, 0.5) is 0 Å². The van der Waals surface area contributed by atoms with Gasteiger partial charge in [0.15, 0.2) is 0 Å². The van der Waals surface area contributed by atoms with Crippen LogP contribution in [0.3, 0.4) is 0 Å². The third kappa shape index (κ3) is 1.40. The molecule has 0 spiro atoms. The largest absolute Gasteiger partial charge is 0.313 e. The van der Waals surface area contributed by atoms with E-state index < -0.39 is 0 Å². The molecule has 1 fully saturated rings. The highest BCUT2D eigenvalue weighted by molar-refractivity contribution is 4.88. The normalized spacial score (nSPS) is 44.7. The van der Waals surface area contributed by atoms with Gasteiger partial charge in [-0.3, -0.25) is 4.84 Å². The van der Waals surface area contributed by atoms with Gasteiger partial charge in [-0.2, -0.15) is 5.06 Å². The third-order valence-corrected chi connectivity index (χ3v) is 1.39. The minimum absolute atomic E-state index is 0.0519. The van der Waals surface area contributed by atoms with Gasteiger partial charge in [-0.15, -0.1) is 0 Å². The van der Waals surface area contributed by atoms with Crippen molar-refractivity contribution in [3.05, 3.63) is 0 Å². The zero-order valence-corrected chi connectivity index (χ0v) is 5.74. The van der Waals surface area contributed by atoms with Gasteiger partial charge in [0.1, 0.15) is 12.4 Å². The molecule has 4 N–H and O–H groups in total. The van der Waals surface area contributed by atoms with Crippen molar-refractivity contribution in [1.82, 2.24) is 5.06 Å². The molecule has 0 amide bonds. The van der Waals surface area contributed by atoms with Crippen LogP contribution < -0.4 is 11.5 Å². The maximum absolute atomic E-state index is 5.50. The van der Waals surface area contributed by atoms with Crippen LogP contribution in [0.15, 0.2) is 0 Å². The first-order valence-electron chi connectivity index (χ1n) is 3.09. The first kappa shape index (κ1) is 6.95. The lowest BCUT2D eigenvalue weighted by atomic mass is 10.5. The van der Waals surface area contributed by atoms with Crippen molar-refractivity contribution in [3.63, 3.8) is 0 Å². The summed E-state index contributed by atoms with van der Waals surface area (Å²) in [5.41, 5.74) is 10.8. The van der Waals surface area contributed by atoms with E-state index in [1.54, 1.807) is 12.0 Å². The number of nitrogens with zero attached hydrogens (tertiary/aromatic N) is 1. The summed E-state index contributed by atoms with van der Waals surface area (Å²) in [6.07, 6.45) is -0.197. The number of hydroxylamine groups is 2. The van der Waals surface area contributed by atoms with E-state index in [1.807, 2.05) is 6.92 Å². The van der Waals surface area contributed by atoms with Crippen LogP contribution in [-0.2, 0) is 4.84 Å². The standard InChI is InChI=1S/C5H13N3O/c1-3-5(7)8(3)9-4(2)6/h3-5H,6-7H2,1-2H3/t3?,4-,5?,8?/m0/s1. The van der Waals surface area contributed by atoms with E-state index in [1.165, 1.54) is 0 Å². The quantitative estimate of drug-likeness (QED) is 0.381. The van der Waals surface area contributed by atoms with Crippen molar-refractivity contribution >= 4 is 0 Å². The van der Waals surface area contributed by atoms with Crippen LogP contribution in [0.25, 0.3) is 0 Å². The molecule has 0 bridgehead atoms. The predicted molar refractivity (Wildman–Crippen MR) is 34.0 cm³/mol. The monoisotopic (exact) mass is 131 g/mol. The fourth-order valence-corrected chi connectivity index (χ4v) is 0.703. The second-order valence-electron chi connectivity index (χ2n) is 2.40. The van der Waals surface area contributed by atoms with Crippen molar-refractivity contribution in [2.45, 2.75) is 32.3 Å². The summed E-state index contributed by atoms with van der Waals surface area (Å²) >= 11 is 0. The van der Waals surface area contributed by atoms with Crippen molar-refractivity contribution in [1.29, 1.82) is 0 Å². The summed E-state index contributed by atoms with van der Waals surface area (Å²) in [6.45, 7) is 3.77. The Morgan fingerprint density at radius 1 is 1.67 bits per heavy atom. The fourth-order valence-electron chi connectivity index (χ4n) is 0.703. The number of rotatable bonds is 2. The summed E-state index contributed by atoms with van der Waals surface area (Å²) in [6, 6.07) is 0.330. The van der Waals surface area contributed by atoms with Gasteiger partial charge < -0.3 is 11.5 Å². The molecule has 0 aromatic heterocycles. The summed E-state index contributed by atoms with van der Waals surface area (Å²) in [5, 5.41) is 1.69. The molecule has 4 atom stereocenters. The Morgan fingerprint density at radius 3 is 2.22 bits per heavy atom. The molecule has 1 aliphatic heterocycles. The van der Waals surface area contributed by atoms with Crippen LogP contribution >= 0.6 is 0 Å². The molecule has 3 unspecified atom stereocenters. The smallest absolute Gasteiger partial charge is 0.124 e. The minimum Gasteiger partial charge on any atom is -0.313 e. The lowest BCUT2D eigenvalue weighted by molar-refractivity contribution is -0.123. The highest BCUT2D eigenvalue weighted by atomic mass is 16.7. The maximum Gasteiger partial charge on any atom is 0.124 e. The Morgan fingerprint density at radius 2 is 2.11 bits per heavy atom. The Bertz CT molecular complexity index is 98.4. The van der Waals surface area contributed by atoms with Gasteiger partial charge in [0.05, 0.1) is 6.04 Å². The molecule has 4 heteroatoms. The van der Waals surface area contributed by atoms with Crippen molar-refractivity contribution in [2.75, 3.05) is 0 Å². The second-order valence-corrected chi connectivity index (χ2v) is 2.40. The SMILES string of the molecule is CC1C(N)N1O[C@@H](C)N. The molecule has 1 rings (SSSR count). The van der Waals surface area contributed by atoms with E-state index in [-0.39, 0.29) is 12.4 Å². The fraction of sp³-hybridized carbons (Fsp3) is 1.00. The predicted octanol–water partition coefficient (Wildman–Crippen LogP) is -0.788. The van der Waals surface area contributed by atoms with E-state index >= 15 is 0 Å². The van der Waals surface area contributed by atoms with Crippen molar-refractivity contribution in [2.24, 2.45) is 11.5 Å². The number of nitrogens with two attached hydrogens (primary N) is 2. The van der Waals surface area contributed by atoms with Gasteiger partial charge in [0.25, 0.3) is 0 Å². The number of hydrogen-bond donors (Lipinski definition) is 2. The summed E-state index contributed by atoms with van der Waals surface area (Å²) in [7, 11) is 0. The summed E-state index contributed by atoms with van der Waals surface area (Å²) in [4.78, 5) is 5.07. The first-order chi connectivity index (χ1) is 4.13. The van der Waals surface area contributed by atoms with Crippen LogP contribution in [0.2, 0.25) is 0 Å². The van der Waals surface area contributed by atoms with Gasteiger partial charge in [-0.25, -0.2) is 0 Å². The maximum atomic E-state index is 5.50. The van der Waals surface area contributed by atoms with E-state index in [0.717, 1.165) is 0 Å². The van der Waals surface area contributed by atoms with Crippen molar-refractivity contribution in [3.8, 4) is 0 Å². The van der Waals surface area contributed by atoms with Gasteiger partial charge in [0.2, 0.25) is 0 Å². The average Bonchev–Trinajstić information content (AvgIpc) is 2.22. The van der Waals surface area contributed by atoms with E-state index in [0.29, 0.717) is 6.04 Å². The molecule has 0 saturated carbocycles. The van der Waals surface area contributed by atoms with E-state index in [9.17, 15) is 0 Å². The topological polar surface area (TPSA) is 64.3 Å². The minimum atomic E-state index is -0.249. The average molecular weight is 131 g/mol. The second kappa shape index (κ2) is 2.22. The van der Waals surface area contributed by atoms with Crippen LogP contribution in [0.5, 0.6) is 0 Å². The molecular weight excluding hydrogens is 118 g/mol. The zero-order chi connectivity index (χ0) is 7.02. The molecular formula is C5H13N3O. The van der Waals surface area contributed by atoms with E-state index in [4.69, 9.17) is 16.3 Å². The molecule has 0 aromatic rings. The molecule has 0 radical (unpaired) electrons. The molecule has 54 valence electrons. The molecule has 1 saturated heterocycles. The molecule has 4 nitrogen and oxygen atoms in total.